The fourth-order valence-corrected chi connectivity index (χ4v) is 2.42. The highest BCUT2D eigenvalue weighted by atomic mass is 35.5. The maximum atomic E-state index is 11.3. The van der Waals surface area contributed by atoms with Gasteiger partial charge in [0, 0.05) is 34.4 Å². The van der Waals surface area contributed by atoms with E-state index < -0.39 is 10.8 Å². The van der Waals surface area contributed by atoms with Crippen molar-refractivity contribution >= 4 is 28.2 Å². The van der Waals surface area contributed by atoms with Crippen LogP contribution in [0.1, 0.15) is 32.3 Å². The summed E-state index contributed by atoms with van der Waals surface area (Å²) >= 11 is 6.04. The van der Waals surface area contributed by atoms with Crippen LogP contribution in [0.3, 0.4) is 0 Å². The van der Waals surface area contributed by atoms with Gasteiger partial charge in [-0.1, -0.05) is 32.4 Å². The molecule has 1 N–H and O–H groups in total. The van der Waals surface area contributed by atoms with Crippen molar-refractivity contribution in [1.29, 1.82) is 0 Å². The van der Waals surface area contributed by atoms with Gasteiger partial charge in [-0.2, -0.15) is 0 Å². The summed E-state index contributed by atoms with van der Waals surface area (Å²) in [5.74, 6) is 2.30. The molecular weight excluding hydrogens is 258 g/mol. The molecule has 1 heterocycles. The van der Waals surface area contributed by atoms with Crippen LogP contribution in [0.2, 0.25) is 5.15 Å². The smallest absolute Gasteiger partial charge is 0.138 e. The van der Waals surface area contributed by atoms with Crippen LogP contribution in [0.4, 0.5) is 5.82 Å². The van der Waals surface area contributed by atoms with Crippen molar-refractivity contribution in [3.8, 4) is 0 Å². The Bertz CT molecular complexity index is 398. The summed E-state index contributed by atoms with van der Waals surface area (Å²) in [4.78, 5) is 8.15. The average molecular weight is 276 g/mol. The molecule has 1 unspecified atom stereocenters. The van der Waals surface area contributed by atoms with E-state index in [0.717, 1.165) is 11.4 Å². The van der Waals surface area contributed by atoms with Gasteiger partial charge in [0.05, 0.1) is 0 Å². The van der Waals surface area contributed by atoms with Crippen molar-refractivity contribution in [3.05, 3.63) is 17.0 Å². The second-order valence-electron chi connectivity index (χ2n) is 3.94. The molecule has 0 aliphatic rings. The first-order valence-corrected chi connectivity index (χ1v) is 7.52. The van der Waals surface area contributed by atoms with Gasteiger partial charge in [0.15, 0.2) is 0 Å². The number of halogens is 1. The van der Waals surface area contributed by atoms with Gasteiger partial charge >= 0.3 is 0 Å². The zero-order chi connectivity index (χ0) is 12.8. The predicted octanol–water partition coefficient (Wildman–Crippen LogP) is 2.43. The van der Waals surface area contributed by atoms with E-state index in [1.54, 1.807) is 0 Å². The lowest BCUT2D eigenvalue weighted by atomic mass is 10.1. The Balaban J connectivity index is 2.70. The Kier molecular flexibility index (Phi) is 5.85. The highest BCUT2D eigenvalue weighted by Gasteiger charge is 2.13. The highest BCUT2D eigenvalue weighted by molar-refractivity contribution is 7.84. The molecule has 0 bridgehead atoms. The third kappa shape index (κ3) is 4.24. The van der Waals surface area contributed by atoms with Gasteiger partial charge in [-0.05, 0) is 5.92 Å². The third-order valence-corrected chi connectivity index (χ3v) is 3.96. The first kappa shape index (κ1) is 14.4. The molecule has 6 heteroatoms. The second-order valence-corrected chi connectivity index (χ2v) is 6.16. The minimum atomic E-state index is -0.762. The van der Waals surface area contributed by atoms with Gasteiger partial charge in [0.25, 0.3) is 0 Å². The summed E-state index contributed by atoms with van der Waals surface area (Å²) in [5, 5.41) is 3.65. The lowest BCUT2D eigenvalue weighted by Gasteiger charge is -2.13. The summed E-state index contributed by atoms with van der Waals surface area (Å²) in [6, 6.07) is 0. The molecule has 1 atom stereocenters. The SMILES string of the molecule is CCS(=O)CCNc1ncnc(Cl)c1C(C)C. The number of hydrogen-bond acceptors (Lipinski definition) is 4. The topological polar surface area (TPSA) is 54.9 Å². The molecule has 0 radical (unpaired) electrons. The van der Waals surface area contributed by atoms with Crippen LogP contribution in [0.15, 0.2) is 6.33 Å². The molecule has 0 amide bonds. The van der Waals surface area contributed by atoms with Crippen molar-refractivity contribution in [2.75, 3.05) is 23.4 Å². The van der Waals surface area contributed by atoms with Gasteiger partial charge in [0.1, 0.15) is 17.3 Å². The number of nitrogens with zero attached hydrogens (tertiary/aromatic N) is 2. The third-order valence-electron chi connectivity index (χ3n) is 2.36. The maximum absolute atomic E-state index is 11.3. The monoisotopic (exact) mass is 275 g/mol. The maximum Gasteiger partial charge on any atom is 0.138 e. The molecular formula is C11H18ClN3OS. The van der Waals surface area contributed by atoms with Crippen LogP contribution >= 0.6 is 11.6 Å². The Morgan fingerprint density at radius 3 is 2.76 bits per heavy atom. The van der Waals surface area contributed by atoms with Crippen molar-refractivity contribution < 1.29 is 4.21 Å². The summed E-state index contributed by atoms with van der Waals surface area (Å²) in [5.41, 5.74) is 0.913. The molecule has 0 aliphatic carbocycles. The number of nitrogens with one attached hydrogen (secondary N) is 1. The van der Waals surface area contributed by atoms with E-state index in [1.807, 2.05) is 20.8 Å². The summed E-state index contributed by atoms with van der Waals surface area (Å²) in [6.45, 7) is 6.63. The molecule has 0 spiro atoms. The molecule has 1 aromatic rings. The molecule has 0 aromatic carbocycles. The van der Waals surface area contributed by atoms with Crippen LogP contribution in [0, 0.1) is 0 Å². The van der Waals surface area contributed by atoms with Crippen molar-refractivity contribution in [1.82, 2.24) is 9.97 Å². The largest absolute Gasteiger partial charge is 0.369 e. The molecule has 0 aliphatic heterocycles. The van der Waals surface area contributed by atoms with Gasteiger partial charge < -0.3 is 5.32 Å². The first-order chi connectivity index (χ1) is 8.06. The van der Waals surface area contributed by atoms with Crippen LogP contribution in [0.25, 0.3) is 0 Å². The number of anilines is 1. The summed E-state index contributed by atoms with van der Waals surface area (Å²) < 4.78 is 11.3. The Morgan fingerprint density at radius 1 is 1.47 bits per heavy atom. The summed E-state index contributed by atoms with van der Waals surface area (Å²) in [7, 11) is -0.762. The van der Waals surface area contributed by atoms with E-state index in [1.165, 1.54) is 6.33 Å². The fraction of sp³-hybridized carbons (Fsp3) is 0.636. The molecule has 0 fully saturated rings. The van der Waals surface area contributed by atoms with E-state index in [9.17, 15) is 4.21 Å². The molecule has 1 aromatic heterocycles. The Labute approximate surface area is 110 Å². The minimum absolute atomic E-state index is 0.253. The zero-order valence-corrected chi connectivity index (χ0v) is 11.9. The normalized spacial score (nSPS) is 12.8. The molecule has 1 rings (SSSR count). The van der Waals surface area contributed by atoms with E-state index >= 15 is 0 Å². The van der Waals surface area contributed by atoms with Gasteiger partial charge in [-0.15, -0.1) is 0 Å². The molecule has 4 nitrogen and oxygen atoms in total. The molecule has 0 saturated heterocycles. The minimum Gasteiger partial charge on any atom is -0.369 e. The van der Waals surface area contributed by atoms with Gasteiger partial charge in [0.2, 0.25) is 0 Å². The average Bonchev–Trinajstić information content (AvgIpc) is 2.28. The zero-order valence-electron chi connectivity index (χ0n) is 10.4. The van der Waals surface area contributed by atoms with E-state index in [4.69, 9.17) is 11.6 Å². The van der Waals surface area contributed by atoms with Crippen molar-refractivity contribution in [3.63, 3.8) is 0 Å². The molecule has 96 valence electrons. The number of rotatable bonds is 6. The number of aromatic nitrogens is 2. The quantitative estimate of drug-likeness (QED) is 0.810. The standard InChI is InChI=1S/C11H18ClN3OS/c1-4-17(16)6-5-13-11-9(8(2)3)10(12)14-7-15-11/h7-8H,4-6H2,1-3H3,(H,13,14,15). The van der Waals surface area contributed by atoms with E-state index in [0.29, 0.717) is 23.2 Å². The summed E-state index contributed by atoms with van der Waals surface area (Å²) in [6.07, 6.45) is 1.44. The van der Waals surface area contributed by atoms with Gasteiger partial charge in [-0.25, -0.2) is 9.97 Å². The lowest BCUT2D eigenvalue weighted by Crippen LogP contribution is -2.14. The Morgan fingerprint density at radius 2 is 2.18 bits per heavy atom. The fourth-order valence-electron chi connectivity index (χ4n) is 1.45. The molecule has 17 heavy (non-hydrogen) atoms. The Hall–Kier alpha value is -0.680. The van der Waals surface area contributed by atoms with Crippen LogP contribution < -0.4 is 5.32 Å². The predicted molar refractivity (Wildman–Crippen MR) is 73.2 cm³/mol. The number of hydrogen-bond donors (Lipinski definition) is 1. The van der Waals surface area contributed by atoms with Crippen LogP contribution in [-0.4, -0.2) is 32.2 Å². The van der Waals surface area contributed by atoms with E-state index in [2.05, 4.69) is 15.3 Å². The first-order valence-electron chi connectivity index (χ1n) is 5.65. The molecule has 0 saturated carbocycles. The van der Waals surface area contributed by atoms with E-state index in [-0.39, 0.29) is 5.92 Å². The van der Waals surface area contributed by atoms with Crippen molar-refractivity contribution in [2.24, 2.45) is 0 Å². The van der Waals surface area contributed by atoms with Crippen LogP contribution in [0.5, 0.6) is 0 Å². The van der Waals surface area contributed by atoms with Crippen molar-refractivity contribution in [2.45, 2.75) is 26.7 Å². The second kappa shape index (κ2) is 6.91. The van der Waals surface area contributed by atoms with Crippen LogP contribution in [-0.2, 0) is 10.8 Å². The lowest BCUT2D eigenvalue weighted by molar-refractivity contribution is 0.684. The highest BCUT2D eigenvalue weighted by Crippen LogP contribution is 2.27. The van der Waals surface area contributed by atoms with Gasteiger partial charge in [-0.3, -0.25) is 4.21 Å².